The lowest BCUT2D eigenvalue weighted by Crippen LogP contribution is -2.35. The molecular weight excluding hydrogens is 240 g/mol. The van der Waals surface area contributed by atoms with E-state index in [0.29, 0.717) is 12.8 Å². The summed E-state index contributed by atoms with van der Waals surface area (Å²) >= 11 is 1.50. The first-order chi connectivity index (χ1) is 8.02. The van der Waals surface area contributed by atoms with Gasteiger partial charge in [-0.3, -0.25) is 9.59 Å². The van der Waals surface area contributed by atoms with Crippen LogP contribution in [0.5, 0.6) is 0 Å². The highest BCUT2D eigenvalue weighted by Crippen LogP contribution is 2.45. The number of aryl methyl sites for hydroxylation is 1. The van der Waals surface area contributed by atoms with Gasteiger partial charge in [0.2, 0.25) is 5.91 Å². The third kappa shape index (κ3) is 2.82. The van der Waals surface area contributed by atoms with E-state index in [-0.39, 0.29) is 18.9 Å². The van der Waals surface area contributed by atoms with Crippen molar-refractivity contribution in [3.63, 3.8) is 0 Å². The van der Waals surface area contributed by atoms with E-state index in [4.69, 9.17) is 5.11 Å². The van der Waals surface area contributed by atoms with Crippen LogP contribution in [0.1, 0.15) is 23.5 Å². The summed E-state index contributed by atoms with van der Waals surface area (Å²) in [6.07, 6.45) is 1.52. The molecule has 1 fully saturated rings. The summed E-state index contributed by atoms with van der Waals surface area (Å²) in [5, 5.41) is 14.4. The van der Waals surface area contributed by atoms with Gasteiger partial charge in [0, 0.05) is 11.9 Å². The first-order valence-electron chi connectivity index (χ1n) is 5.43. The van der Waals surface area contributed by atoms with Crippen LogP contribution in [0.2, 0.25) is 0 Å². The Labute approximate surface area is 103 Å². The number of aliphatic carboxylic acids is 1. The molecule has 1 amide bonds. The average molecular weight is 254 g/mol. The van der Waals surface area contributed by atoms with Crippen LogP contribution in [0.3, 0.4) is 0 Å². The molecule has 0 unspecified atom stereocenters. The van der Waals surface area contributed by atoms with E-state index in [2.05, 4.69) is 10.3 Å². The Hall–Kier alpha value is -1.43. The van der Waals surface area contributed by atoms with E-state index in [1.54, 1.807) is 0 Å². The molecule has 2 rings (SSSR count). The van der Waals surface area contributed by atoms with Gasteiger partial charge in [-0.25, -0.2) is 4.98 Å². The Kier molecular flexibility index (Phi) is 3.15. The number of carboxylic acids is 1. The smallest absolute Gasteiger partial charge is 0.311 e. The van der Waals surface area contributed by atoms with Gasteiger partial charge in [-0.15, -0.1) is 11.3 Å². The molecule has 1 heterocycles. The molecule has 0 aromatic carbocycles. The Morgan fingerprint density at radius 2 is 2.29 bits per heavy atom. The van der Waals surface area contributed by atoms with E-state index >= 15 is 0 Å². The second kappa shape index (κ2) is 4.44. The van der Waals surface area contributed by atoms with Crippen molar-refractivity contribution in [1.29, 1.82) is 0 Å². The number of nitrogens with zero attached hydrogens (tertiary/aromatic N) is 1. The van der Waals surface area contributed by atoms with Crippen LogP contribution in [0.25, 0.3) is 0 Å². The van der Waals surface area contributed by atoms with Gasteiger partial charge in [0.15, 0.2) is 0 Å². The number of carbonyl (C=O) groups is 2. The zero-order valence-electron chi connectivity index (χ0n) is 9.52. The van der Waals surface area contributed by atoms with Crippen LogP contribution in [0.4, 0.5) is 0 Å². The lowest BCUT2D eigenvalue weighted by Gasteiger charge is -2.10. The molecular formula is C11H14N2O3S. The van der Waals surface area contributed by atoms with Crippen molar-refractivity contribution in [1.82, 2.24) is 10.3 Å². The van der Waals surface area contributed by atoms with Crippen molar-refractivity contribution in [2.75, 3.05) is 6.54 Å². The molecule has 1 aliphatic carbocycles. The van der Waals surface area contributed by atoms with Crippen molar-refractivity contribution in [3.05, 3.63) is 16.1 Å². The largest absolute Gasteiger partial charge is 0.481 e. The zero-order chi connectivity index (χ0) is 12.5. The maximum atomic E-state index is 11.6. The summed E-state index contributed by atoms with van der Waals surface area (Å²) in [7, 11) is 0. The SMILES string of the molecule is Cc1nc(CC(=O)NCC2(C(=O)O)CC2)cs1. The molecule has 2 N–H and O–H groups in total. The Morgan fingerprint density at radius 1 is 1.59 bits per heavy atom. The fourth-order valence-corrected chi connectivity index (χ4v) is 2.21. The van der Waals surface area contributed by atoms with Crippen molar-refractivity contribution in [2.45, 2.75) is 26.2 Å². The van der Waals surface area contributed by atoms with Gasteiger partial charge < -0.3 is 10.4 Å². The predicted molar refractivity (Wildman–Crippen MR) is 62.9 cm³/mol. The summed E-state index contributed by atoms with van der Waals surface area (Å²) in [5.74, 6) is -0.981. The number of hydrogen-bond donors (Lipinski definition) is 2. The quantitative estimate of drug-likeness (QED) is 0.820. The van der Waals surface area contributed by atoms with E-state index in [0.717, 1.165) is 10.7 Å². The molecule has 0 atom stereocenters. The second-order valence-electron chi connectivity index (χ2n) is 4.40. The fraction of sp³-hybridized carbons (Fsp3) is 0.545. The van der Waals surface area contributed by atoms with E-state index in [9.17, 15) is 9.59 Å². The molecule has 0 spiro atoms. The van der Waals surface area contributed by atoms with Crippen LogP contribution in [0.15, 0.2) is 5.38 Å². The van der Waals surface area contributed by atoms with Crippen LogP contribution in [-0.4, -0.2) is 28.5 Å². The second-order valence-corrected chi connectivity index (χ2v) is 5.46. The number of amides is 1. The number of hydrogen-bond acceptors (Lipinski definition) is 4. The minimum Gasteiger partial charge on any atom is -0.481 e. The predicted octanol–water partition coefficient (Wildman–Crippen LogP) is 0.975. The van der Waals surface area contributed by atoms with Gasteiger partial charge in [0.05, 0.1) is 22.5 Å². The topological polar surface area (TPSA) is 79.3 Å². The number of carbonyl (C=O) groups excluding carboxylic acids is 1. The standard InChI is InChI=1S/C11H14N2O3S/c1-7-13-8(5-17-7)4-9(14)12-6-11(2-3-11)10(15)16/h5H,2-4,6H2,1H3,(H,12,14)(H,15,16). The molecule has 0 aliphatic heterocycles. The third-order valence-electron chi connectivity index (χ3n) is 2.94. The zero-order valence-corrected chi connectivity index (χ0v) is 10.3. The fourth-order valence-electron chi connectivity index (χ4n) is 1.60. The Balaban J connectivity index is 1.80. The lowest BCUT2D eigenvalue weighted by molar-refractivity contribution is -0.143. The number of thiazole rings is 1. The van der Waals surface area contributed by atoms with E-state index in [1.165, 1.54) is 11.3 Å². The molecule has 1 aromatic rings. The van der Waals surface area contributed by atoms with Gasteiger partial charge in [-0.05, 0) is 19.8 Å². The Morgan fingerprint density at radius 3 is 2.76 bits per heavy atom. The summed E-state index contributed by atoms with van der Waals surface area (Å²) in [4.78, 5) is 26.7. The monoisotopic (exact) mass is 254 g/mol. The first kappa shape index (κ1) is 12.0. The van der Waals surface area contributed by atoms with Crippen molar-refractivity contribution in [3.8, 4) is 0 Å². The summed E-state index contributed by atoms with van der Waals surface area (Å²) in [6, 6.07) is 0. The molecule has 0 saturated heterocycles. The minimum absolute atomic E-state index is 0.164. The van der Waals surface area contributed by atoms with Gasteiger partial charge in [-0.2, -0.15) is 0 Å². The van der Waals surface area contributed by atoms with Crippen LogP contribution < -0.4 is 5.32 Å². The molecule has 1 saturated carbocycles. The van der Waals surface area contributed by atoms with Gasteiger partial charge in [0.25, 0.3) is 0 Å². The van der Waals surface area contributed by atoms with Crippen LogP contribution in [-0.2, 0) is 16.0 Å². The maximum Gasteiger partial charge on any atom is 0.311 e. The molecule has 1 aliphatic rings. The van der Waals surface area contributed by atoms with Crippen molar-refractivity contribution >= 4 is 23.2 Å². The number of nitrogens with one attached hydrogen (secondary N) is 1. The molecule has 0 bridgehead atoms. The molecule has 6 heteroatoms. The summed E-state index contributed by atoms with van der Waals surface area (Å²) in [5.41, 5.74) is 0.0402. The van der Waals surface area contributed by atoms with E-state index < -0.39 is 11.4 Å². The normalized spacial score (nSPS) is 16.5. The highest BCUT2D eigenvalue weighted by molar-refractivity contribution is 7.09. The highest BCUT2D eigenvalue weighted by Gasteiger charge is 2.50. The third-order valence-corrected chi connectivity index (χ3v) is 3.76. The van der Waals surface area contributed by atoms with Gasteiger partial charge in [-0.1, -0.05) is 0 Å². The van der Waals surface area contributed by atoms with Crippen LogP contribution in [0, 0.1) is 12.3 Å². The maximum absolute atomic E-state index is 11.6. The molecule has 92 valence electrons. The van der Waals surface area contributed by atoms with E-state index in [1.807, 2.05) is 12.3 Å². The number of rotatable bonds is 5. The summed E-state index contributed by atoms with van der Waals surface area (Å²) < 4.78 is 0. The minimum atomic E-state index is -0.817. The number of carboxylic acid groups (broad SMARTS) is 1. The molecule has 5 nitrogen and oxygen atoms in total. The van der Waals surface area contributed by atoms with Gasteiger partial charge >= 0.3 is 5.97 Å². The van der Waals surface area contributed by atoms with Crippen LogP contribution >= 0.6 is 11.3 Å². The highest BCUT2D eigenvalue weighted by atomic mass is 32.1. The average Bonchev–Trinajstić information content (AvgIpc) is 2.96. The number of aromatic nitrogens is 1. The van der Waals surface area contributed by atoms with Crippen molar-refractivity contribution < 1.29 is 14.7 Å². The Bertz CT molecular complexity index is 451. The first-order valence-corrected chi connectivity index (χ1v) is 6.31. The summed E-state index contributed by atoms with van der Waals surface area (Å²) in [6.45, 7) is 2.11. The molecule has 1 aromatic heterocycles. The van der Waals surface area contributed by atoms with Crippen molar-refractivity contribution in [2.24, 2.45) is 5.41 Å². The molecule has 0 radical (unpaired) electrons. The lowest BCUT2D eigenvalue weighted by atomic mass is 10.1. The van der Waals surface area contributed by atoms with Gasteiger partial charge in [0.1, 0.15) is 0 Å². The molecule has 17 heavy (non-hydrogen) atoms.